The van der Waals surface area contributed by atoms with Crippen LogP contribution in [0, 0.1) is 12.8 Å². The molecule has 0 saturated carbocycles. The molecule has 0 N–H and O–H groups in total. The molecule has 1 saturated heterocycles. The molecule has 2 aliphatic heterocycles. The van der Waals surface area contributed by atoms with E-state index in [1.807, 2.05) is 10.9 Å². The zero-order valence-corrected chi connectivity index (χ0v) is 15.6. The fourth-order valence-electron chi connectivity index (χ4n) is 4.40. The summed E-state index contributed by atoms with van der Waals surface area (Å²) in [6.07, 6.45) is 6.07. The summed E-state index contributed by atoms with van der Waals surface area (Å²) in [6, 6.07) is 4.38. The fraction of sp³-hybridized carbons (Fsp3) is 0.684. The predicted octanol–water partition coefficient (Wildman–Crippen LogP) is 2.04. The number of piperidine rings is 1. The lowest BCUT2D eigenvalue weighted by atomic mass is 10.1. The van der Waals surface area contributed by atoms with Crippen LogP contribution in [0.1, 0.15) is 36.3 Å². The van der Waals surface area contributed by atoms with E-state index in [9.17, 15) is 0 Å². The molecule has 4 heterocycles. The van der Waals surface area contributed by atoms with Gasteiger partial charge in [-0.15, -0.1) is 0 Å². The quantitative estimate of drug-likeness (QED) is 0.853. The van der Waals surface area contributed by atoms with E-state index >= 15 is 0 Å². The number of nitrogens with zero attached hydrogens (tertiary/aromatic N) is 6. The van der Waals surface area contributed by atoms with E-state index in [0.29, 0.717) is 5.92 Å². The molecule has 0 aromatic carbocycles. The highest BCUT2D eigenvalue weighted by atomic mass is 15.3. The molecule has 1 unspecified atom stereocenters. The van der Waals surface area contributed by atoms with E-state index in [4.69, 9.17) is 0 Å². The van der Waals surface area contributed by atoms with Crippen molar-refractivity contribution in [3.8, 4) is 0 Å². The van der Waals surface area contributed by atoms with Gasteiger partial charge in [0.25, 0.3) is 0 Å². The first-order chi connectivity index (χ1) is 12.2. The van der Waals surface area contributed by atoms with Crippen LogP contribution in [0.15, 0.2) is 18.3 Å². The van der Waals surface area contributed by atoms with E-state index in [0.717, 1.165) is 31.9 Å². The molecule has 2 aromatic rings. The zero-order valence-electron chi connectivity index (χ0n) is 15.6. The van der Waals surface area contributed by atoms with E-state index in [1.54, 1.807) is 0 Å². The largest absolute Gasteiger partial charge is 0.303 e. The first-order valence-electron chi connectivity index (χ1n) is 9.62. The maximum atomic E-state index is 4.58. The summed E-state index contributed by atoms with van der Waals surface area (Å²) >= 11 is 0. The molecule has 0 bridgehead atoms. The molecule has 0 radical (unpaired) electrons. The number of likely N-dealkylation sites (tertiary alicyclic amines) is 1. The van der Waals surface area contributed by atoms with Gasteiger partial charge in [-0.3, -0.25) is 14.3 Å². The van der Waals surface area contributed by atoms with Gasteiger partial charge in [0.15, 0.2) is 0 Å². The third kappa shape index (κ3) is 3.96. The van der Waals surface area contributed by atoms with Crippen LogP contribution < -0.4 is 0 Å². The average Bonchev–Trinajstić information content (AvgIpc) is 3.10. The van der Waals surface area contributed by atoms with Crippen molar-refractivity contribution in [3.63, 3.8) is 0 Å². The van der Waals surface area contributed by atoms with Gasteiger partial charge >= 0.3 is 0 Å². The van der Waals surface area contributed by atoms with Gasteiger partial charge < -0.3 is 4.90 Å². The van der Waals surface area contributed by atoms with Crippen LogP contribution >= 0.6 is 0 Å². The summed E-state index contributed by atoms with van der Waals surface area (Å²) in [5.74, 6) is 0.633. The highest BCUT2D eigenvalue weighted by Gasteiger charge is 2.25. The summed E-state index contributed by atoms with van der Waals surface area (Å²) in [5, 5.41) is 9.09. The van der Waals surface area contributed by atoms with Crippen molar-refractivity contribution in [2.75, 3.05) is 26.2 Å². The summed E-state index contributed by atoms with van der Waals surface area (Å²) in [5.41, 5.74) is 3.73. The van der Waals surface area contributed by atoms with E-state index in [2.05, 4.69) is 50.8 Å². The van der Waals surface area contributed by atoms with Crippen LogP contribution in [-0.4, -0.2) is 55.5 Å². The first kappa shape index (κ1) is 16.8. The van der Waals surface area contributed by atoms with Crippen molar-refractivity contribution in [1.29, 1.82) is 0 Å². The van der Waals surface area contributed by atoms with Crippen molar-refractivity contribution >= 4 is 0 Å². The minimum absolute atomic E-state index is 0.633. The van der Waals surface area contributed by atoms with Crippen molar-refractivity contribution < 1.29 is 0 Å². The van der Waals surface area contributed by atoms with Gasteiger partial charge in [-0.1, -0.05) is 6.42 Å². The molecule has 136 valence electrons. The van der Waals surface area contributed by atoms with Crippen molar-refractivity contribution in [2.24, 2.45) is 13.0 Å². The van der Waals surface area contributed by atoms with Crippen LogP contribution in [0.2, 0.25) is 0 Å². The topological polar surface area (TPSA) is 42.1 Å². The molecule has 6 heteroatoms. The molecule has 25 heavy (non-hydrogen) atoms. The summed E-state index contributed by atoms with van der Waals surface area (Å²) in [6.45, 7) is 9.90. The monoisotopic (exact) mass is 342 g/mol. The molecule has 1 atom stereocenters. The van der Waals surface area contributed by atoms with Gasteiger partial charge in [0.1, 0.15) is 0 Å². The molecule has 4 rings (SSSR count). The molecule has 6 nitrogen and oxygen atoms in total. The van der Waals surface area contributed by atoms with Gasteiger partial charge in [0.2, 0.25) is 0 Å². The molecular formula is C19H30N6. The zero-order chi connectivity index (χ0) is 17.2. The summed E-state index contributed by atoms with van der Waals surface area (Å²) in [7, 11) is 2.05. The lowest BCUT2D eigenvalue weighted by molar-refractivity contribution is 0.149. The van der Waals surface area contributed by atoms with Crippen LogP contribution in [0.25, 0.3) is 0 Å². The number of hydrogen-bond acceptors (Lipinski definition) is 4. The standard InChI is InChI=1S/C19H30N6/c1-16-10-19(22(2)21-16)15-24-12-17(11-23-8-4-3-5-9-23)13-25-18(14-24)6-7-20-25/h6-7,10,17H,3-5,8-9,11-15H2,1-2H3. The van der Waals surface area contributed by atoms with E-state index in [1.165, 1.54) is 50.3 Å². The number of aryl methyl sites for hydroxylation is 2. The second-order valence-corrected chi connectivity index (χ2v) is 7.80. The fourth-order valence-corrected chi connectivity index (χ4v) is 4.40. The maximum absolute atomic E-state index is 4.58. The highest BCUT2D eigenvalue weighted by Crippen LogP contribution is 2.20. The molecule has 0 amide bonds. The van der Waals surface area contributed by atoms with Crippen LogP contribution in [-0.2, 0) is 26.7 Å². The Morgan fingerprint density at radius 2 is 1.96 bits per heavy atom. The highest BCUT2D eigenvalue weighted by molar-refractivity contribution is 5.10. The number of hydrogen-bond donors (Lipinski definition) is 0. The van der Waals surface area contributed by atoms with Crippen molar-refractivity contribution in [1.82, 2.24) is 29.4 Å². The lowest BCUT2D eigenvalue weighted by Gasteiger charge is -2.31. The molecule has 0 spiro atoms. The summed E-state index contributed by atoms with van der Waals surface area (Å²) < 4.78 is 4.25. The summed E-state index contributed by atoms with van der Waals surface area (Å²) in [4.78, 5) is 5.24. The second kappa shape index (κ2) is 7.30. The molecule has 2 aliphatic rings. The maximum Gasteiger partial charge on any atom is 0.0597 e. The van der Waals surface area contributed by atoms with Crippen LogP contribution in [0.4, 0.5) is 0 Å². The number of aromatic nitrogens is 4. The van der Waals surface area contributed by atoms with Gasteiger partial charge in [-0.25, -0.2) is 0 Å². The minimum atomic E-state index is 0.633. The Kier molecular flexibility index (Phi) is 4.90. The average molecular weight is 342 g/mol. The Morgan fingerprint density at radius 1 is 1.12 bits per heavy atom. The van der Waals surface area contributed by atoms with Gasteiger partial charge in [-0.05, 0) is 45.0 Å². The smallest absolute Gasteiger partial charge is 0.0597 e. The SMILES string of the molecule is Cc1cc(CN2Cc3ccnn3CC(CN3CCCCC3)C2)n(C)n1. The molecule has 0 aliphatic carbocycles. The van der Waals surface area contributed by atoms with Gasteiger partial charge in [0, 0.05) is 51.9 Å². The lowest BCUT2D eigenvalue weighted by Crippen LogP contribution is -2.39. The first-order valence-corrected chi connectivity index (χ1v) is 9.62. The predicted molar refractivity (Wildman–Crippen MR) is 98.1 cm³/mol. The Bertz CT molecular complexity index is 697. The van der Waals surface area contributed by atoms with Crippen LogP contribution in [0.3, 0.4) is 0 Å². The van der Waals surface area contributed by atoms with Crippen molar-refractivity contribution in [2.45, 2.75) is 45.8 Å². The molecule has 2 aromatic heterocycles. The minimum Gasteiger partial charge on any atom is -0.303 e. The Morgan fingerprint density at radius 3 is 2.72 bits per heavy atom. The molecule has 1 fully saturated rings. The Balaban J connectivity index is 1.49. The number of rotatable bonds is 4. The van der Waals surface area contributed by atoms with Gasteiger partial charge in [0.05, 0.1) is 17.1 Å². The molecular weight excluding hydrogens is 312 g/mol. The van der Waals surface area contributed by atoms with E-state index in [-0.39, 0.29) is 0 Å². The second-order valence-electron chi connectivity index (χ2n) is 7.80. The van der Waals surface area contributed by atoms with Gasteiger partial charge in [-0.2, -0.15) is 10.2 Å². The van der Waals surface area contributed by atoms with Crippen LogP contribution in [0.5, 0.6) is 0 Å². The normalized spacial score (nSPS) is 22.7. The third-order valence-corrected chi connectivity index (χ3v) is 5.59. The Hall–Kier alpha value is -1.66. The van der Waals surface area contributed by atoms with Crippen molar-refractivity contribution in [3.05, 3.63) is 35.4 Å². The van der Waals surface area contributed by atoms with E-state index < -0.39 is 0 Å². The number of fused-ring (bicyclic) bond motifs is 1. The third-order valence-electron chi connectivity index (χ3n) is 5.59. The Labute approximate surface area is 150 Å².